The van der Waals surface area contributed by atoms with E-state index in [9.17, 15) is 9.59 Å². The number of carbonyl (C=O) groups is 2. The third-order valence-electron chi connectivity index (χ3n) is 7.43. The van der Waals surface area contributed by atoms with Gasteiger partial charge in [-0.1, -0.05) is 18.2 Å². The van der Waals surface area contributed by atoms with Crippen LogP contribution in [0.15, 0.2) is 48.9 Å². The summed E-state index contributed by atoms with van der Waals surface area (Å²) in [6.07, 6.45) is 10.0. The van der Waals surface area contributed by atoms with Crippen LogP contribution in [0.3, 0.4) is 0 Å². The molecule has 3 N–H and O–H groups in total. The van der Waals surface area contributed by atoms with Gasteiger partial charge < -0.3 is 10.6 Å². The lowest BCUT2D eigenvalue weighted by Gasteiger charge is -2.16. The smallest absolute Gasteiger partial charge is 0.257 e. The predicted octanol–water partition coefficient (Wildman–Crippen LogP) is 3.52. The molecule has 2 amide bonds. The summed E-state index contributed by atoms with van der Waals surface area (Å²) in [7, 11) is 2.10. The number of likely N-dealkylation sites (N-methyl/N-ethyl adjacent to an activating group) is 1. The lowest BCUT2D eigenvalue weighted by atomic mass is 10.1. The van der Waals surface area contributed by atoms with E-state index in [1.54, 1.807) is 24.4 Å². The number of nitrogen functional groups attached to an aromatic ring is 1. The maximum Gasteiger partial charge on any atom is 0.257 e. The zero-order valence-electron chi connectivity index (χ0n) is 22.4. The molecule has 2 aliphatic rings. The number of likely N-dealkylation sites (tertiary alicyclic amines) is 1. The van der Waals surface area contributed by atoms with Crippen molar-refractivity contribution in [2.24, 2.45) is 0 Å². The van der Waals surface area contributed by atoms with Crippen LogP contribution in [0.4, 0.5) is 10.9 Å². The lowest BCUT2D eigenvalue weighted by Crippen LogP contribution is -2.28. The molecule has 12 heteroatoms. The third kappa shape index (κ3) is 5.32. The SMILES string of the molecule is Cc1cnc(NC(=O)c2ccc(-c3nn(C4CCN(C(=O)/C=C/CN(C)C5CC5)C4)c4ncnc(N)c34)cc2)s1. The number of benzene rings is 1. The zero-order chi connectivity index (χ0) is 27.8. The van der Waals surface area contributed by atoms with Crippen molar-refractivity contribution in [2.75, 3.05) is 37.7 Å². The van der Waals surface area contributed by atoms with E-state index >= 15 is 0 Å². The average molecular weight is 558 g/mol. The van der Waals surface area contributed by atoms with Crippen LogP contribution < -0.4 is 11.1 Å². The van der Waals surface area contributed by atoms with E-state index in [1.165, 1.54) is 30.5 Å². The van der Waals surface area contributed by atoms with Gasteiger partial charge in [-0.3, -0.25) is 19.8 Å². The quantitative estimate of drug-likeness (QED) is 0.314. The number of thiazole rings is 1. The molecular formula is C28H31N9O2S. The van der Waals surface area contributed by atoms with E-state index in [1.807, 2.05) is 34.7 Å². The Morgan fingerprint density at radius 3 is 2.70 bits per heavy atom. The maximum atomic E-state index is 12.8. The minimum atomic E-state index is -0.233. The van der Waals surface area contributed by atoms with Gasteiger partial charge in [-0.25, -0.2) is 19.6 Å². The summed E-state index contributed by atoms with van der Waals surface area (Å²) < 4.78 is 1.87. The molecule has 206 valence electrons. The van der Waals surface area contributed by atoms with E-state index in [0.717, 1.165) is 23.4 Å². The fourth-order valence-electron chi connectivity index (χ4n) is 5.04. The monoisotopic (exact) mass is 557 g/mol. The van der Waals surface area contributed by atoms with E-state index in [-0.39, 0.29) is 17.9 Å². The van der Waals surface area contributed by atoms with Gasteiger partial charge in [0.2, 0.25) is 5.91 Å². The molecule has 1 aromatic carbocycles. The van der Waals surface area contributed by atoms with Gasteiger partial charge in [0.25, 0.3) is 5.91 Å². The number of anilines is 2. The van der Waals surface area contributed by atoms with Gasteiger partial charge in [0, 0.05) is 54.0 Å². The van der Waals surface area contributed by atoms with Gasteiger partial charge in [-0.05, 0) is 45.4 Å². The molecule has 11 nitrogen and oxygen atoms in total. The van der Waals surface area contributed by atoms with Crippen molar-refractivity contribution in [3.63, 3.8) is 0 Å². The second-order valence-electron chi connectivity index (χ2n) is 10.4. The number of amides is 2. The zero-order valence-corrected chi connectivity index (χ0v) is 23.3. The van der Waals surface area contributed by atoms with E-state index in [0.29, 0.717) is 52.4 Å². The first-order chi connectivity index (χ1) is 19.4. The topological polar surface area (TPSA) is 135 Å². The Kier molecular flexibility index (Phi) is 7.03. The van der Waals surface area contributed by atoms with Crippen LogP contribution in [0.25, 0.3) is 22.3 Å². The first kappa shape index (κ1) is 26.1. The van der Waals surface area contributed by atoms with Gasteiger partial charge in [-0.15, -0.1) is 11.3 Å². The van der Waals surface area contributed by atoms with Crippen molar-refractivity contribution in [2.45, 2.75) is 38.3 Å². The Morgan fingerprint density at radius 1 is 1.18 bits per heavy atom. The molecule has 1 atom stereocenters. The van der Waals surface area contributed by atoms with Gasteiger partial charge in [0.05, 0.1) is 11.4 Å². The van der Waals surface area contributed by atoms with Gasteiger partial charge in [-0.2, -0.15) is 5.10 Å². The highest BCUT2D eigenvalue weighted by molar-refractivity contribution is 7.15. The second-order valence-corrected chi connectivity index (χ2v) is 11.6. The van der Waals surface area contributed by atoms with Crippen LogP contribution in [0.1, 0.15) is 40.5 Å². The Morgan fingerprint density at radius 2 is 1.98 bits per heavy atom. The molecule has 40 heavy (non-hydrogen) atoms. The number of rotatable bonds is 8. The number of nitrogens with zero attached hydrogens (tertiary/aromatic N) is 7. The van der Waals surface area contributed by atoms with Gasteiger partial charge in [0.1, 0.15) is 17.8 Å². The number of aromatic nitrogens is 5. The van der Waals surface area contributed by atoms with E-state index < -0.39 is 0 Å². The molecule has 0 bridgehead atoms. The van der Waals surface area contributed by atoms with Crippen LogP contribution in [-0.4, -0.2) is 79.1 Å². The minimum absolute atomic E-state index is 0.0132. The number of carbonyl (C=O) groups excluding carboxylic acids is 2. The maximum absolute atomic E-state index is 12.8. The Bertz CT molecular complexity index is 1590. The first-order valence-corrected chi connectivity index (χ1v) is 14.2. The molecule has 1 aliphatic heterocycles. The summed E-state index contributed by atoms with van der Waals surface area (Å²) >= 11 is 1.42. The number of nitrogens with two attached hydrogens (primary N) is 1. The van der Waals surface area contributed by atoms with Crippen molar-refractivity contribution in [1.82, 2.24) is 34.5 Å². The third-order valence-corrected chi connectivity index (χ3v) is 8.25. The molecule has 1 saturated carbocycles. The average Bonchev–Trinajstić information content (AvgIpc) is 3.34. The van der Waals surface area contributed by atoms with Crippen molar-refractivity contribution < 1.29 is 9.59 Å². The highest BCUT2D eigenvalue weighted by Gasteiger charge is 2.30. The summed E-state index contributed by atoms with van der Waals surface area (Å²) in [5, 5.41) is 8.96. The summed E-state index contributed by atoms with van der Waals surface area (Å²) in [6.45, 7) is 3.90. The normalized spacial score (nSPS) is 17.4. The highest BCUT2D eigenvalue weighted by atomic mass is 32.1. The summed E-state index contributed by atoms with van der Waals surface area (Å²) in [5.41, 5.74) is 8.87. The molecule has 2 fully saturated rings. The number of hydrogen-bond acceptors (Lipinski definition) is 9. The van der Waals surface area contributed by atoms with Crippen LogP contribution >= 0.6 is 11.3 Å². The van der Waals surface area contributed by atoms with Crippen molar-refractivity contribution in [3.8, 4) is 11.3 Å². The fraction of sp³-hybridized carbons (Fsp3) is 0.357. The molecular weight excluding hydrogens is 526 g/mol. The number of fused-ring (bicyclic) bond motifs is 1. The van der Waals surface area contributed by atoms with Gasteiger partial charge in [0.15, 0.2) is 10.8 Å². The molecule has 1 unspecified atom stereocenters. The van der Waals surface area contributed by atoms with E-state index in [4.69, 9.17) is 10.8 Å². The highest BCUT2D eigenvalue weighted by Crippen LogP contribution is 2.34. The summed E-state index contributed by atoms with van der Waals surface area (Å²) in [4.78, 5) is 43.6. The Labute approximate surface area is 235 Å². The fourth-order valence-corrected chi connectivity index (χ4v) is 5.70. The lowest BCUT2D eigenvalue weighted by molar-refractivity contribution is -0.125. The molecule has 6 rings (SSSR count). The molecule has 0 spiro atoms. The van der Waals surface area contributed by atoms with Crippen LogP contribution in [0.5, 0.6) is 0 Å². The summed E-state index contributed by atoms with van der Waals surface area (Å²) in [6, 6.07) is 7.80. The van der Waals surface area contributed by atoms with Crippen molar-refractivity contribution in [1.29, 1.82) is 0 Å². The number of nitrogens with one attached hydrogen (secondary N) is 1. The minimum Gasteiger partial charge on any atom is -0.383 e. The Balaban J connectivity index is 1.20. The van der Waals surface area contributed by atoms with Crippen LogP contribution in [0.2, 0.25) is 0 Å². The molecule has 0 radical (unpaired) electrons. The van der Waals surface area contributed by atoms with Crippen molar-refractivity contribution in [3.05, 3.63) is 59.4 Å². The molecule has 1 aliphatic carbocycles. The molecule has 3 aromatic heterocycles. The predicted molar refractivity (Wildman–Crippen MR) is 155 cm³/mol. The standard InChI is InChI=1S/C28H31N9O2S/c1-17-14-30-28(40-17)33-27(39)19-7-5-18(6-8-19)24-23-25(29)31-16-32-26(23)37(34-24)21-11-13-36(15-21)22(38)4-3-12-35(2)20-9-10-20/h3-8,14,16,20-21H,9-13,15H2,1-2H3,(H2,29,31,32)(H,30,33,39)/b4-3+. The second kappa shape index (κ2) is 10.8. The van der Waals surface area contributed by atoms with Gasteiger partial charge >= 0.3 is 0 Å². The van der Waals surface area contributed by atoms with Crippen LogP contribution in [0, 0.1) is 6.92 Å². The molecule has 4 heterocycles. The number of hydrogen-bond donors (Lipinski definition) is 2. The van der Waals surface area contributed by atoms with E-state index in [2.05, 4.69) is 32.2 Å². The number of aryl methyl sites for hydroxylation is 1. The summed E-state index contributed by atoms with van der Waals surface area (Å²) in [5.74, 6) is 0.114. The Hall–Kier alpha value is -4.16. The first-order valence-electron chi connectivity index (χ1n) is 13.4. The van der Waals surface area contributed by atoms with Crippen LogP contribution in [-0.2, 0) is 4.79 Å². The molecule has 1 saturated heterocycles. The molecule has 4 aromatic rings. The largest absolute Gasteiger partial charge is 0.383 e. The van der Waals surface area contributed by atoms with Crippen molar-refractivity contribution >= 4 is 45.1 Å².